The van der Waals surface area contributed by atoms with Gasteiger partial charge >= 0.3 is 0 Å². The fourth-order valence-corrected chi connectivity index (χ4v) is 3.88. The fraction of sp³-hybridized carbons (Fsp3) is 0.714. The molecule has 5 nitrogen and oxygen atoms in total. The monoisotopic (exact) mass is 299 g/mol. The molecule has 0 aromatic carbocycles. The van der Waals surface area contributed by atoms with Crippen LogP contribution in [0.4, 0.5) is 0 Å². The first-order valence-corrected chi connectivity index (χ1v) is 8.89. The van der Waals surface area contributed by atoms with E-state index in [1.165, 1.54) is 17.1 Å². The Morgan fingerprint density at radius 3 is 2.45 bits per heavy atom. The fourth-order valence-electron chi connectivity index (χ4n) is 2.36. The van der Waals surface area contributed by atoms with E-state index in [2.05, 4.69) is 5.32 Å². The van der Waals surface area contributed by atoms with Gasteiger partial charge in [-0.2, -0.15) is 4.31 Å². The van der Waals surface area contributed by atoms with Crippen molar-refractivity contribution in [1.29, 1.82) is 0 Å². The molecule has 0 unspecified atom stereocenters. The molecule has 1 aromatic heterocycles. The van der Waals surface area contributed by atoms with E-state index in [1.807, 2.05) is 31.4 Å². The third kappa shape index (κ3) is 3.24. The number of aryl methyl sites for hydroxylation is 1. The maximum absolute atomic E-state index is 12.5. The van der Waals surface area contributed by atoms with Crippen LogP contribution in [0.25, 0.3) is 0 Å². The zero-order valence-electron chi connectivity index (χ0n) is 12.6. The molecule has 1 aliphatic rings. The molecule has 1 heterocycles. The largest absolute Gasteiger partial charge is 0.349 e. The van der Waals surface area contributed by atoms with Gasteiger partial charge in [0.1, 0.15) is 4.90 Å². The molecule has 0 spiro atoms. The maximum Gasteiger partial charge on any atom is 0.244 e. The highest BCUT2D eigenvalue weighted by Gasteiger charge is 2.25. The van der Waals surface area contributed by atoms with Crippen LogP contribution < -0.4 is 5.32 Å². The maximum atomic E-state index is 12.5. The highest BCUT2D eigenvalue weighted by Crippen LogP contribution is 2.22. The van der Waals surface area contributed by atoms with E-state index in [9.17, 15) is 8.42 Å². The minimum atomic E-state index is -3.35. The zero-order valence-corrected chi connectivity index (χ0v) is 13.4. The van der Waals surface area contributed by atoms with Crippen molar-refractivity contribution in [1.82, 2.24) is 14.2 Å². The number of rotatable bonds is 8. The second-order valence-corrected chi connectivity index (χ2v) is 7.14. The summed E-state index contributed by atoms with van der Waals surface area (Å²) in [5.41, 5.74) is 1.05. The lowest BCUT2D eigenvalue weighted by Gasteiger charge is -2.17. The predicted molar refractivity (Wildman–Crippen MR) is 80.1 cm³/mol. The van der Waals surface area contributed by atoms with Crippen LogP contribution in [0, 0.1) is 0 Å². The molecule has 1 fully saturated rings. The molecule has 1 saturated carbocycles. The van der Waals surface area contributed by atoms with Crippen LogP contribution in [0.2, 0.25) is 0 Å². The molecule has 0 bridgehead atoms. The quantitative estimate of drug-likeness (QED) is 0.796. The van der Waals surface area contributed by atoms with E-state index in [-0.39, 0.29) is 0 Å². The predicted octanol–water partition coefficient (Wildman–Crippen LogP) is 1.79. The van der Waals surface area contributed by atoms with Crippen LogP contribution in [-0.2, 0) is 23.1 Å². The lowest BCUT2D eigenvalue weighted by atomic mass is 10.4. The molecule has 6 heteroatoms. The minimum Gasteiger partial charge on any atom is -0.349 e. The second-order valence-electron chi connectivity index (χ2n) is 5.20. The third-order valence-corrected chi connectivity index (χ3v) is 5.81. The topological polar surface area (TPSA) is 54.3 Å². The Kier molecular flexibility index (Phi) is 4.88. The van der Waals surface area contributed by atoms with Crippen LogP contribution in [0.15, 0.2) is 17.2 Å². The summed E-state index contributed by atoms with van der Waals surface area (Å²) in [4.78, 5) is 0.413. The Labute approximate surface area is 122 Å². The number of nitrogens with zero attached hydrogens (tertiary/aromatic N) is 2. The summed E-state index contributed by atoms with van der Waals surface area (Å²) in [6, 6.07) is 2.44. The smallest absolute Gasteiger partial charge is 0.244 e. The van der Waals surface area contributed by atoms with Crippen molar-refractivity contribution >= 4 is 10.0 Å². The van der Waals surface area contributed by atoms with E-state index in [0.717, 1.165) is 18.8 Å². The molecule has 1 N–H and O–H groups in total. The van der Waals surface area contributed by atoms with Gasteiger partial charge in [0.2, 0.25) is 10.0 Å². The van der Waals surface area contributed by atoms with Gasteiger partial charge in [-0.3, -0.25) is 0 Å². The number of sulfonamides is 1. The van der Waals surface area contributed by atoms with Gasteiger partial charge in [0.25, 0.3) is 0 Å². The number of aromatic nitrogens is 1. The number of hydrogen-bond acceptors (Lipinski definition) is 3. The molecule has 1 aromatic rings. The summed E-state index contributed by atoms with van der Waals surface area (Å²) in [5, 5.41) is 3.44. The Morgan fingerprint density at radius 2 is 1.95 bits per heavy atom. The van der Waals surface area contributed by atoms with Crippen LogP contribution in [0.3, 0.4) is 0 Å². The van der Waals surface area contributed by atoms with Crippen molar-refractivity contribution < 1.29 is 8.42 Å². The average Bonchev–Trinajstić information content (AvgIpc) is 3.15. The van der Waals surface area contributed by atoms with Crippen LogP contribution in [0.1, 0.15) is 39.3 Å². The van der Waals surface area contributed by atoms with Gasteiger partial charge in [-0.1, -0.05) is 13.8 Å². The molecular weight excluding hydrogens is 274 g/mol. The molecule has 0 amide bonds. The summed E-state index contributed by atoms with van der Waals surface area (Å²) in [7, 11) is -3.35. The van der Waals surface area contributed by atoms with E-state index in [0.29, 0.717) is 24.0 Å². The van der Waals surface area contributed by atoms with Gasteiger partial charge in [0.05, 0.1) is 0 Å². The Hall–Kier alpha value is -0.850. The highest BCUT2D eigenvalue weighted by molar-refractivity contribution is 7.89. The van der Waals surface area contributed by atoms with E-state index >= 15 is 0 Å². The SMILES string of the molecule is CCN(CC)S(=O)(=O)c1cc(CNC2CC2)n(CC)c1. The molecule has 2 rings (SSSR count). The zero-order chi connectivity index (χ0) is 14.8. The third-order valence-electron chi connectivity index (χ3n) is 3.79. The first kappa shape index (κ1) is 15.5. The van der Waals surface area contributed by atoms with E-state index < -0.39 is 10.0 Å². The lowest BCUT2D eigenvalue weighted by molar-refractivity contribution is 0.445. The molecule has 0 aliphatic heterocycles. The molecule has 20 heavy (non-hydrogen) atoms. The van der Waals surface area contributed by atoms with Crippen molar-refractivity contribution in [3.05, 3.63) is 18.0 Å². The second kappa shape index (κ2) is 6.28. The molecule has 0 saturated heterocycles. The van der Waals surface area contributed by atoms with Crippen molar-refractivity contribution in [3.63, 3.8) is 0 Å². The standard InChI is InChI=1S/C14H25N3O2S/c1-4-16-11-14(20(18,19)17(5-2)6-3)9-13(16)10-15-12-7-8-12/h9,11-12,15H,4-8,10H2,1-3H3. The van der Waals surface area contributed by atoms with Crippen molar-refractivity contribution in [3.8, 4) is 0 Å². The first-order chi connectivity index (χ1) is 9.52. The van der Waals surface area contributed by atoms with Crippen LogP contribution in [-0.4, -0.2) is 36.4 Å². The van der Waals surface area contributed by atoms with Gasteiger partial charge in [0, 0.05) is 44.1 Å². The Balaban J connectivity index is 2.22. The molecular formula is C14H25N3O2S. The first-order valence-electron chi connectivity index (χ1n) is 7.45. The summed E-state index contributed by atoms with van der Waals surface area (Å²) >= 11 is 0. The minimum absolute atomic E-state index is 0.413. The number of nitrogens with one attached hydrogen (secondary N) is 1. The van der Waals surface area contributed by atoms with Gasteiger partial charge in [0.15, 0.2) is 0 Å². The average molecular weight is 299 g/mol. The highest BCUT2D eigenvalue weighted by atomic mass is 32.2. The summed E-state index contributed by atoms with van der Waals surface area (Å²) in [6.45, 7) is 8.31. The molecule has 1 aliphatic carbocycles. The van der Waals surface area contributed by atoms with E-state index in [1.54, 1.807) is 6.20 Å². The van der Waals surface area contributed by atoms with Crippen molar-refractivity contribution in [2.24, 2.45) is 0 Å². The molecule has 0 radical (unpaired) electrons. The summed E-state index contributed by atoms with van der Waals surface area (Å²) in [5.74, 6) is 0. The van der Waals surface area contributed by atoms with Crippen LogP contribution >= 0.6 is 0 Å². The van der Waals surface area contributed by atoms with Gasteiger partial charge in [-0.15, -0.1) is 0 Å². The van der Waals surface area contributed by atoms with Gasteiger partial charge < -0.3 is 9.88 Å². The van der Waals surface area contributed by atoms with Gasteiger partial charge in [-0.05, 0) is 25.8 Å². The molecule has 114 valence electrons. The molecule has 0 atom stereocenters. The normalized spacial score (nSPS) is 16.0. The van der Waals surface area contributed by atoms with Gasteiger partial charge in [-0.25, -0.2) is 8.42 Å². The summed E-state index contributed by atoms with van der Waals surface area (Å²) in [6.07, 6.45) is 4.23. The summed E-state index contributed by atoms with van der Waals surface area (Å²) < 4.78 is 28.6. The number of hydrogen-bond donors (Lipinski definition) is 1. The van der Waals surface area contributed by atoms with Crippen LogP contribution in [0.5, 0.6) is 0 Å². The Bertz CT molecular complexity index is 543. The van der Waals surface area contributed by atoms with Crippen molar-refractivity contribution in [2.45, 2.75) is 57.6 Å². The van der Waals surface area contributed by atoms with Crippen molar-refractivity contribution in [2.75, 3.05) is 13.1 Å². The Morgan fingerprint density at radius 1 is 1.30 bits per heavy atom. The van der Waals surface area contributed by atoms with E-state index in [4.69, 9.17) is 0 Å². The lowest BCUT2D eigenvalue weighted by Crippen LogP contribution is -2.30.